The summed E-state index contributed by atoms with van der Waals surface area (Å²) in [4.78, 5) is 9.48. The third kappa shape index (κ3) is 23.2. The Morgan fingerprint density at radius 1 is 0.719 bits per heavy atom. The highest BCUT2D eigenvalue weighted by Crippen LogP contribution is 2.42. The summed E-state index contributed by atoms with van der Waals surface area (Å²) < 4.78 is 32.0. The van der Waals surface area contributed by atoms with Gasteiger partial charge in [0.15, 0.2) is 0 Å². The van der Waals surface area contributed by atoms with Crippen LogP contribution in [0.1, 0.15) is 110 Å². The highest BCUT2D eigenvalue weighted by Gasteiger charge is 2.23. The van der Waals surface area contributed by atoms with Crippen LogP contribution in [0.15, 0.2) is 0 Å². The average Bonchev–Trinajstić information content (AvgIpc) is 2.79. The van der Waals surface area contributed by atoms with E-state index in [0.717, 1.165) is 6.42 Å². The van der Waals surface area contributed by atoms with Crippen LogP contribution in [0.5, 0.6) is 0 Å². The van der Waals surface area contributed by atoms with Gasteiger partial charge in [0.2, 0.25) is 0 Å². The molecule has 0 aromatic heterocycles. The van der Waals surface area contributed by atoms with Crippen LogP contribution in [0, 0.1) is 0 Å². The molecule has 0 radical (unpaired) electrons. The van der Waals surface area contributed by atoms with E-state index < -0.39 is 13.9 Å². The molecule has 3 N–H and O–H groups in total. The van der Waals surface area contributed by atoms with Crippen LogP contribution in [-0.2, 0) is 23.1 Å². The van der Waals surface area contributed by atoms with E-state index in [-0.39, 0.29) is 19.8 Å². The molecule has 0 saturated carbocycles. The molecular formula is C24H52NO6P. The maximum Gasteiger partial charge on any atom is 0.472 e. The first-order valence-corrected chi connectivity index (χ1v) is 14.5. The number of phosphoric acid groups is 1. The molecule has 8 heteroatoms. The molecule has 0 aliphatic carbocycles. The molecule has 0 aliphatic rings. The van der Waals surface area contributed by atoms with Crippen LogP contribution in [0.3, 0.4) is 0 Å². The smallest absolute Gasteiger partial charge is 0.379 e. The molecule has 0 rings (SSSR count). The maximum absolute atomic E-state index is 11.6. The van der Waals surface area contributed by atoms with Gasteiger partial charge in [-0.15, -0.1) is 0 Å². The first-order chi connectivity index (χ1) is 15.6. The van der Waals surface area contributed by atoms with Crippen molar-refractivity contribution >= 4 is 7.82 Å². The number of phosphoric ester groups is 1. The number of hydrogen-bond acceptors (Lipinski definition) is 6. The first-order valence-electron chi connectivity index (χ1n) is 13.0. The van der Waals surface area contributed by atoms with Gasteiger partial charge in [-0.2, -0.15) is 0 Å². The second kappa shape index (κ2) is 24.1. The van der Waals surface area contributed by atoms with Gasteiger partial charge in [-0.05, 0) is 6.42 Å². The van der Waals surface area contributed by atoms with E-state index in [4.69, 9.17) is 19.7 Å². The molecule has 194 valence electrons. The summed E-state index contributed by atoms with van der Waals surface area (Å²) in [5.74, 6) is 0. The predicted octanol–water partition coefficient (Wildman–Crippen LogP) is 6.37. The van der Waals surface area contributed by atoms with Crippen LogP contribution in [-0.4, -0.2) is 51.1 Å². The lowest BCUT2D eigenvalue weighted by Gasteiger charge is -2.18. The van der Waals surface area contributed by atoms with E-state index in [1.54, 1.807) is 0 Å². The SMILES string of the molecule is CCCCCCCCCCCCCCCCCCOC[C@H](COP(=O)(O)OCCN)OC. The molecule has 7 nitrogen and oxygen atoms in total. The van der Waals surface area contributed by atoms with Crippen molar-refractivity contribution in [1.82, 2.24) is 0 Å². The minimum absolute atomic E-state index is 0.0266. The van der Waals surface area contributed by atoms with Gasteiger partial charge in [0.05, 0.1) is 19.8 Å². The van der Waals surface area contributed by atoms with E-state index in [1.807, 2.05) is 0 Å². The van der Waals surface area contributed by atoms with E-state index in [0.29, 0.717) is 13.2 Å². The Hall–Kier alpha value is -0.0100. The predicted molar refractivity (Wildman–Crippen MR) is 132 cm³/mol. The van der Waals surface area contributed by atoms with Crippen molar-refractivity contribution in [2.24, 2.45) is 5.73 Å². The molecule has 0 bridgehead atoms. The Labute approximate surface area is 197 Å². The third-order valence-corrected chi connectivity index (χ3v) is 6.56. The molecular weight excluding hydrogens is 429 g/mol. The standard InChI is InChI=1S/C24H52NO6P/c1-3-4-5-6-7-8-9-10-11-12-13-14-15-16-17-18-20-29-22-24(28-2)23-31-32(26,27)30-21-19-25/h24H,3-23,25H2,1-2H3,(H,26,27)/t24-/m1/s1. The summed E-state index contributed by atoms with van der Waals surface area (Å²) in [5, 5.41) is 0. The molecule has 0 fully saturated rings. The monoisotopic (exact) mass is 481 g/mol. The number of ether oxygens (including phenoxy) is 2. The molecule has 1 unspecified atom stereocenters. The minimum atomic E-state index is -4.07. The molecule has 0 aliphatic heterocycles. The molecule has 32 heavy (non-hydrogen) atoms. The lowest BCUT2D eigenvalue weighted by Crippen LogP contribution is -2.24. The Morgan fingerprint density at radius 2 is 1.19 bits per heavy atom. The Kier molecular flexibility index (Phi) is 24.1. The number of rotatable bonds is 26. The summed E-state index contributed by atoms with van der Waals surface area (Å²) in [6.45, 7) is 3.33. The van der Waals surface area contributed by atoms with Gasteiger partial charge in [0.25, 0.3) is 0 Å². The van der Waals surface area contributed by atoms with Crippen molar-refractivity contribution in [2.75, 3.05) is 40.1 Å². The van der Waals surface area contributed by atoms with Gasteiger partial charge in [0.1, 0.15) is 6.10 Å². The van der Waals surface area contributed by atoms with Crippen LogP contribution in [0.25, 0.3) is 0 Å². The van der Waals surface area contributed by atoms with Crippen molar-refractivity contribution in [3.05, 3.63) is 0 Å². The molecule has 0 aromatic rings. The summed E-state index contributed by atoms with van der Waals surface area (Å²) >= 11 is 0. The van der Waals surface area contributed by atoms with Crippen molar-refractivity contribution in [3.63, 3.8) is 0 Å². The van der Waals surface area contributed by atoms with Gasteiger partial charge in [0, 0.05) is 20.3 Å². The van der Waals surface area contributed by atoms with Crippen molar-refractivity contribution in [1.29, 1.82) is 0 Å². The summed E-state index contributed by atoms with van der Waals surface area (Å²) in [6.07, 6.45) is 21.1. The first kappa shape index (κ1) is 32.0. The Morgan fingerprint density at radius 3 is 1.62 bits per heavy atom. The second-order valence-corrected chi connectivity index (χ2v) is 10.1. The van der Waals surface area contributed by atoms with Gasteiger partial charge in [-0.25, -0.2) is 4.57 Å². The van der Waals surface area contributed by atoms with Gasteiger partial charge in [-0.1, -0.05) is 103 Å². The summed E-state index contributed by atoms with van der Waals surface area (Å²) in [5.41, 5.74) is 5.24. The molecule has 0 saturated heterocycles. The number of methoxy groups -OCH3 is 1. The van der Waals surface area contributed by atoms with E-state index >= 15 is 0 Å². The number of hydrogen-bond donors (Lipinski definition) is 2. The largest absolute Gasteiger partial charge is 0.472 e. The van der Waals surface area contributed by atoms with Crippen LogP contribution >= 0.6 is 7.82 Å². The van der Waals surface area contributed by atoms with Gasteiger partial charge >= 0.3 is 7.82 Å². The van der Waals surface area contributed by atoms with E-state index in [2.05, 4.69) is 11.4 Å². The number of unbranched alkanes of at least 4 members (excludes halogenated alkanes) is 15. The maximum atomic E-state index is 11.6. The van der Waals surface area contributed by atoms with Gasteiger partial charge in [-0.3, -0.25) is 9.05 Å². The zero-order valence-electron chi connectivity index (χ0n) is 20.9. The molecule has 0 heterocycles. The van der Waals surface area contributed by atoms with Crippen molar-refractivity contribution < 1.29 is 28.0 Å². The Balaban J connectivity index is 3.36. The van der Waals surface area contributed by atoms with Crippen molar-refractivity contribution in [3.8, 4) is 0 Å². The van der Waals surface area contributed by atoms with Crippen LogP contribution in [0.2, 0.25) is 0 Å². The van der Waals surface area contributed by atoms with E-state index in [9.17, 15) is 9.46 Å². The molecule has 0 aromatic carbocycles. The fraction of sp³-hybridized carbons (Fsp3) is 1.00. The average molecular weight is 482 g/mol. The lowest BCUT2D eigenvalue weighted by atomic mass is 10.0. The zero-order valence-corrected chi connectivity index (χ0v) is 21.8. The molecule has 2 atom stereocenters. The quantitative estimate of drug-likeness (QED) is 0.109. The second-order valence-electron chi connectivity index (χ2n) is 8.62. The fourth-order valence-corrected chi connectivity index (χ4v) is 4.30. The zero-order chi connectivity index (χ0) is 23.8. The minimum Gasteiger partial charge on any atom is -0.379 e. The summed E-state index contributed by atoms with van der Waals surface area (Å²) in [7, 11) is -2.55. The Bertz CT molecular complexity index is 427. The highest BCUT2D eigenvalue weighted by atomic mass is 31.2. The topological polar surface area (TPSA) is 100 Å². The van der Waals surface area contributed by atoms with Crippen LogP contribution in [0.4, 0.5) is 0 Å². The normalized spacial score (nSPS) is 14.5. The summed E-state index contributed by atoms with van der Waals surface area (Å²) in [6, 6.07) is 0. The van der Waals surface area contributed by atoms with Gasteiger partial charge < -0.3 is 20.1 Å². The third-order valence-electron chi connectivity index (χ3n) is 5.58. The lowest BCUT2D eigenvalue weighted by molar-refractivity contribution is -0.0219. The molecule has 0 amide bonds. The van der Waals surface area contributed by atoms with Crippen molar-refractivity contribution in [2.45, 2.75) is 116 Å². The molecule has 0 spiro atoms. The van der Waals surface area contributed by atoms with Crippen LogP contribution < -0.4 is 5.73 Å². The number of nitrogens with two attached hydrogens (primary N) is 1. The van der Waals surface area contributed by atoms with E-state index in [1.165, 1.54) is 103 Å². The highest BCUT2D eigenvalue weighted by molar-refractivity contribution is 7.47. The fourth-order valence-electron chi connectivity index (χ4n) is 3.53.